The normalized spacial score (nSPS) is 12.2. The summed E-state index contributed by atoms with van der Waals surface area (Å²) < 4.78 is 13.0. The standard InChI is InChI=1S/C25H25N7O2/c1-2-32-23-19(33-15-18(26)13-16-9-5-3-6-10-16)14-28-20(17-11-7-4-8-12-17)21(23)29-25(32)22-24(27)31-34-30-22/h3-12,14,18H,2,13,15,26H2,1H3,(H2,27,31)/t18-/m0/s1. The first-order valence-electron chi connectivity index (χ1n) is 11.1. The first-order valence-corrected chi connectivity index (χ1v) is 11.1. The lowest BCUT2D eigenvalue weighted by molar-refractivity contribution is 0.289. The van der Waals surface area contributed by atoms with Crippen LogP contribution in [0.15, 0.2) is 71.5 Å². The van der Waals surface area contributed by atoms with E-state index < -0.39 is 0 Å². The predicted octanol–water partition coefficient (Wildman–Crippen LogP) is 3.70. The fourth-order valence-electron chi connectivity index (χ4n) is 4.04. The van der Waals surface area contributed by atoms with Gasteiger partial charge in [-0.1, -0.05) is 60.7 Å². The number of aromatic nitrogens is 5. The molecule has 0 saturated heterocycles. The molecule has 0 amide bonds. The number of hydrogen-bond donors (Lipinski definition) is 2. The van der Waals surface area contributed by atoms with Crippen molar-refractivity contribution < 1.29 is 9.37 Å². The zero-order valence-corrected chi connectivity index (χ0v) is 18.8. The molecule has 0 aliphatic rings. The van der Waals surface area contributed by atoms with Crippen molar-refractivity contribution in [2.45, 2.75) is 25.9 Å². The molecule has 0 aliphatic carbocycles. The number of imidazole rings is 1. The second-order valence-electron chi connectivity index (χ2n) is 7.97. The van der Waals surface area contributed by atoms with Gasteiger partial charge >= 0.3 is 0 Å². The van der Waals surface area contributed by atoms with E-state index in [4.69, 9.17) is 30.8 Å². The third kappa shape index (κ3) is 4.08. The van der Waals surface area contributed by atoms with Crippen LogP contribution in [0.3, 0.4) is 0 Å². The molecule has 0 saturated carbocycles. The summed E-state index contributed by atoms with van der Waals surface area (Å²) in [5.74, 6) is 1.31. The molecule has 172 valence electrons. The van der Waals surface area contributed by atoms with Crippen LogP contribution in [-0.2, 0) is 13.0 Å². The van der Waals surface area contributed by atoms with Crippen LogP contribution in [0.2, 0.25) is 0 Å². The molecular weight excluding hydrogens is 430 g/mol. The van der Waals surface area contributed by atoms with Crippen LogP contribution in [0, 0.1) is 0 Å². The van der Waals surface area contributed by atoms with Gasteiger partial charge in [-0.05, 0) is 29.2 Å². The van der Waals surface area contributed by atoms with Gasteiger partial charge in [0.05, 0.1) is 11.9 Å². The van der Waals surface area contributed by atoms with Crippen molar-refractivity contribution >= 4 is 16.9 Å². The van der Waals surface area contributed by atoms with Crippen LogP contribution in [0.5, 0.6) is 5.75 Å². The molecule has 0 radical (unpaired) electrons. The fraction of sp³-hybridized carbons (Fsp3) is 0.200. The summed E-state index contributed by atoms with van der Waals surface area (Å²) in [4.78, 5) is 9.56. The Morgan fingerprint density at radius 3 is 2.41 bits per heavy atom. The van der Waals surface area contributed by atoms with Gasteiger partial charge in [0.2, 0.25) is 0 Å². The van der Waals surface area contributed by atoms with Crippen LogP contribution in [0.4, 0.5) is 5.82 Å². The van der Waals surface area contributed by atoms with Crippen LogP contribution in [0.25, 0.3) is 33.8 Å². The molecule has 4 N–H and O–H groups in total. The summed E-state index contributed by atoms with van der Waals surface area (Å²) in [7, 11) is 0. The van der Waals surface area contributed by atoms with E-state index in [2.05, 4.69) is 22.4 Å². The highest BCUT2D eigenvalue weighted by Gasteiger charge is 2.24. The minimum Gasteiger partial charge on any atom is -0.488 e. The van der Waals surface area contributed by atoms with Crippen molar-refractivity contribution in [1.29, 1.82) is 0 Å². The molecule has 5 aromatic rings. The zero-order chi connectivity index (χ0) is 23.5. The van der Waals surface area contributed by atoms with E-state index in [1.165, 1.54) is 0 Å². The van der Waals surface area contributed by atoms with Crippen molar-refractivity contribution in [2.24, 2.45) is 5.73 Å². The molecule has 0 unspecified atom stereocenters. The molecule has 0 aliphatic heterocycles. The van der Waals surface area contributed by atoms with E-state index in [9.17, 15) is 0 Å². The molecule has 3 heterocycles. The Bertz CT molecular complexity index is 1400. The molecule has 2 aromatic carbocycles. The van der Waals surface area contributed by atoms with Crippen LogP contribution < -0.4 is 16.2 Å². The Morgan fingerprint density at radius 2 is 1.74 bits per heavy atom. The Labute approximate surface area is 196 Å². The summed E-state index contributed by atoms with van der Waals surface area (Å²) in [5, 5.41) is 7.68. The van der Waals surface area contributed by atoms with Crippen molar-refractivity contribution in [1.82, 2.24) is 24.8 Å². The maximum atomic E-state index is 6.38. The zero-order valence-electron chi connectivity index (χ0n) is 18.8. The fourth-order valence-corrected chi connectivity index (χ4v) is 4.04. The van der Waals surface area contributed by atoms with Crippen LogP contribution >= 0.6 is 0 Å². The van der Waals surface area contributed by atoms with Gasteiger partial charge in [-0.3, -0.25) is 0 Å². The van der Waals surface area contributed by atoms with Gasteiger partial charge in [0.1, 0.15) is 17.6 Å². The third-order valence-electron chi connectivity index (χ3n) is 5.62. The number of ether oxygens (including phenoxy) is 1. The maximum absolute atomic E-state index is 6.38. The first kappa shape index (κ1) is 21.6. The second kappa shape index (κ2) is 9.32. The number of hydrogen-bond acceptors (Lipinski definition) is 8. The number of fused-ring (bicyclic) bond motifs is 1. The highest BCUT2D eigenvalue weighted by Crippen LogP contribution is 2.36. The largest absolute Gasteiger partial charge is 0.488 e. The summed E-state index contributed by atoms with van der Waals surface area (Å²) in [6.45, 7) is 2.94. The van der Waals surface area contributed by atoms with E-state index in [1.807, 2.05) is 60.0 Å². The molecule has 9 heteroatoms. The molecule has 9 nitrogen and oxygen atoms in total. The average Bonchev–Trinajstić information content (AvgIpc) is 3.46. The van der Waals surface area contributed by atoms with E-state index >= 15 is 0 Å². The molecular formula is C25H25N7O2. The first-order chi connectivity index (χ1) is 16.7. The summed E-state index contributed by atoms with van der Waals surface area (Å²) in [6, 6.07) is 19.8. The lowest BCUT2D eigenvalue weighted by atomic mass is 10.1. The third-order valence-corrected chi connectivity index (χ3v) is 5.62. The maximum Gasteiger partial charge on any atom is 0.199 e. The van der Waals surface area contributed by atoms with E-state index in [0.29, 0.717) is 42.4 Å². The Balaban J connectivity index is 1.57. The molecule has 34 heavy (non-hydrogen) atoms. The van der Waals surface area contributed by atoms with E-state index in [0.717, 1.165) is 22.3 Å². The lowest BCUT2D eigenvalue weighted by Gasteiger charge is -2.15. The number of nitrogen functional groups attached to an aromatic ring is 1. The highest BCUT2D eigenvalue weighted by molar-refractivity contribution is 5.95. The second-order valence-corrected chi connectivity index (χ2v) is 7.97. The summed E-state index contributed by atoms with van der Waals surface area (Å²) >= 11 is 0. The van der Waals surface area contributed by atoms with Gasteiger partial charge in [0, 0.05) is 18.2 Å². The van der Waals surface area contributed by atoms with Gasteiger partial charge in [-0.25, -0.2) is 14.6 Å². The molecule has 3 aromatic heterocycles. The quantitative estimate of drug-likeness (QED) is 0.362. The number of nitrogens with two attached hydrogens (primary N) is 2. The molecule has 0 fully saturated rings. The van der Waals surface area contributed by atoms with Crippen molar-refractivity contribution in [3.63, 3.8) is 0 Å². The molecule has 0 spiro atoms. The van der Waals surface area contributed by atoms with Crippen LogP contribution in [0.1, 0.15) is 12.5 Å². The average molecular weight is 456 g/mol. The van der Waals surface area contributed by atoms with Gasteiger partial charge in [0.25, 0.3) is 0 Å². The number of rotatable bonds is 8. The number of benzene rings is 2. The SMILES string of the molecule is CCn1c(-c2nonc2N)nc2c(-c3ccccc3)ncc(OC[C@@H](N)Cc3ccccc3)c21. The van der Waals surface area contributed by atoms with E-state index in [1.54, 1.807) is 6.20 Å². The lowest BCUT2D eigenvalue weighted by Crippen LogP contribution is -2.30. The summed E-state index contributed by atoms with van der Waals surface area (Å²) in [6.07, 6.45) is 2.43. The summed E-state index contributed by atoms with van der Waals surface area (Å²) in [5.41, 5.74) is 17.1. The molecule has 0 bridgehead atoms. The molecule has 5 rings (SSSR count). The smallest absolute Gasteiger partial charge is 0.199 e. The number of nitrogens with zero attached hydrogens (tertiary/aromatic N) is 5. The molecule has 1 atom stereocenters. The number of pyridine rings is 1. The Morgan fingerprint density at radius 1 is 1.00 bits per heavy atom. The number of aryl methyl sites for hydroxylation is 1. The van der Waals surface area contributed by atoms with Gasteiger partial charge in [-0.2, -0.15) is 0 Å². The topological polar surface area (TPSA) is 131 Å². The minimum atomic E-state index is -0.181. The van der Waals surface area contributed by atoms with E-state index in [-0.39, 0.29) is 11.9 Å². The van der Waals surface area contributed by atoms with Crippen molar-refractivity contribution in [3.8, 4) is 28.5 Å². The predicted molar refractivity (Wildman–Crippen MR) is 130 cm³/mol. The number of anilines is 1. The van der Waals surface area contributed by atoms with Gasteiger partial charge in [0.15, 0.2) is 23.1 Å². The van der Waals surface area contributed by atoms with Gasteiger partial charge < -0.3 is 20.8 Å². The monoisotopic (exact) mass is 455 g/mol. The minimum absolute atomic E-state index is 0.173. The van der Waals surface area contributed by atoms with Gasteiger partial charge in [-0.15, -0.1) is 0 Å². The van der Waals surface area contributed by atoms with Crippen LogP contribution in [-0.4, -0.2) is 37.5 Å². The highest BCUT2D eigenvalue weighted by atomic mass is 16.6. The Kier molecular flexibility index (Phi) is 5.92. The van der Waals surface area contributed by atoms with Crippen molar-refractivity contribution in [2.75, 3.05) is 12.3 Å². The van der Waals surface area contributed by atoms with Crippen molar-refractivity contribution in [3.05, 3.63) is 72.4 Å². The Hall–Kier alpha value is -4.24.